The third-order valence-electron chi connectivity index (χ3n) is 6.21. The van der Waals surface area contributed by atoms with Crippen molar-refractivity contribution in [3.63, 3.8) is 0 Å². The van der Waals surface area contributed by atoms with Gasteiger partial charge in [0.25, 0.3) is 11.5 Å². The van der Waals surface area contributed by atoms with E-state index in [1.807, 2.05) is 31.2 Å². The van der Waals surface area contributed by atoms with Crippen LogP contribution in [-0.4, -0.2) is 16.5 Å². The van der Waals surface area contributed by atoms with Crippen molar-refractivity contribution in [1.29, 1.82) is 0 Å². The zero-order chi connectivity index (χ0) is 19.1. The molecule has 1 aliphatic carbocycles. The van der Waals surface area contributed by atoms with Crippen molar-refractivity contribution in [3.05, 3.63) is 45.6 Å². The number of para-hydroxylation sites is 1. The summed E-state index contributed by atoms with van der Waals surface area (Å²) in [7, 11) is 0. The summed E-state index contributed by atoms with van der Waals surface area (Å²) >= 11 is 1.43. The minimum Gasteiger partial charge on any atom is -0.348 e. The fourth-order valence-corrected chi connectivity index (χ4v) is 5.44. The largest absolute Gasteiger partial charge is 0.348 e. The van der Waals surface area contributed by atoms with E-state index in [-0.39, 0.29) is 17.5 Å². The molecule has 3 aromatic rings. The van der Waals surface area contributed by atoms with Gasteiger partial charge >= 0.3 is 0 Å². The van der Waals surface area contributed by atoms with E-state index >= 15 is 0 Å². The molecule has 142 valence electrons. The van der Waals surface area contributed by atoms with Gasteiger partial charge in [0.05, 0.1) is 15.8 Å². The second-order valence-corrected chi connectivity index (χ2v) is 8.82. The van der Waals surface area contributed by atoms with Crippen LogP contribution in [0.15, 0.2) is 35.1 Å². The molecule has 1 aliphatic rings. The molecular formula is C22H26N2O2S. The summed E-state index contributed by atoms with van der Waals surface area (Å²) in [4.78, 5) is 26.5. The topological polar surface area (TPSA) is 51.1 Å². The lowest BCUT2D eigenvalue weighted by Gasteiger charge is -2.34. The van der Waals surface area contributed by atoms with Crippen LogP contribution >= 0.6 is 11.3 Å². The Labute approximate surface area is 163 Å². The predicted octanol–water partition coefficient (Wildman–Crippen LogP) is 4.79. The van der Waals surface area contributed by atoms with Crippen LogP contribution in [0, 0.1) is 11.8 Å². The summed E-state index contributed by atoms with van der Waals surface area (Å²) in [6.45, 7) is 7.09. The van der Waals surface area contributed by atoms with E-state index in [1.165, 1.54) is 17.8 Å². The van der Waals surface area contributed by atoms with Crippen molar-refractivity contribution < 1.29 is 4.79 Å². The summed E-state index contributed by atoms with van der Waals surface area (Å²) in [5.41, 5.74) is 0.919. The number of rotatable bonds is 3. The Morgan fingerprint density at radius 2 is 2.00 bits per heavy atom. The van der Waals surface area contributed by atoms with Crippen LogP contribution < -0.4 is 10.9 Å². The van der Waals surface area contributed by atoms with Gasteiger partial charge in [-0.3, -0.25) is 9.59 Å². The number of carbonyl (C=O) groups is 1. The second kappa shape index (κ2) is 7.12. The molecule has 27 heavy (non-hydrogen) atoms. The number of benzene rings is 1. The maximum Gasteiger partial charge on any atom is 0.261 e. The van der Waals surface area contributed by atoms with Gasteiger partial charge in [-0.25, -0.2) is 0 Å². The molecule has 4 rings (SSSR count). The summed E-state index contributed by atoms with van der Waals surface area (Å²) in [5, 5.41) is 4.92. The standard InChI is InChI=1S/C22H26N2O2S/c1-4-24-18-11-6-5-9-15(18)20-16(22(24)26)12-19(27-20)21(25)23-17-10-7-8-13(2)14(17)3/h5-6,9,11-14,17H,4,7-8,10H2,1-3H3,(H,23,25)/t13-,14+,17-/m1/s1. The van der Waals surface area contributed by atoms with Crippen LogP contribution in [0.3, 0.4) is 0 Å². The molecule has 5 heteroatoms. The highest BCUT2D eigenvalue weighted by Crippen LogP contribution is 2.32. The maximum absolute atomic E-state index is 12.9. The number of thiophene rings is 1. The van der Waals surface area contributed by atoms with E-state index in [0.29, 0.717) is 28.6 Å². The van der Waals surface area contributed by atoms with Crippen LogP contribution in [0.4, 0.5) is 0 Å². The van der Waals surface area contributed by atoms with Crippen LogP contribution in [0.1, 0.15) is 49.7 Å². The molecule has 2 aromatic heterocycles. The molecule has 0 unspecified atom stereocenters. The molecule has 0 radical (unpaired) electrons. The first-order valence-corrected chi connectivity index (χ1v) is 10.7. The van der Waals surface area contributed by atoms with Crippen molar-refractivity contribution in [2.45, 2.75) is 52.6 Å². The molecule has 1 aromatic carbocycles. The quantitative estimate of drug-likeness (QED) is 0.708. The normalized spacial score (nSPS) is 23.0. The highest BCUT2D eigenvalue weighted by molar-refractivity contribution is 7.21. The molecule has 4 nitrogen and oxygen atoms in total. The number of fused-ring (bicyclic) bond motifs is 3. The fraction of sp³-hybridized carbons (Fsp3) is 0.455. The minimum absolute atomic E-state index is 0.0128. The van der Waals surface area contributed by atoms with Gasteiger partial charge in [0, 0.05) is 22.7 Å². The number of hydrogen-bond acceptors (Lipinski definition) is 3. The van der Waals surface area contributed by atoms with Gasteiger partial charge in [0.15, 0.2) is 0 Å². The fourth-order valence-electron chi connectivity index (χ4n) is 4.36. The van der Waals surface area contributed by atoms with E-state index in [1.54, 1.807) is 10.6 Å². The van der Waals surface area contributed by atoms with E-state index in [0.717, 1.165) is 28.4 Å². The van der Waals surface area contributed by atoms with Gasteiger partial charge in [-0.15, -0.1) is 11.3 Å². The molecular weight excluding hydrogens is 356 g/mol. The molecule has 0 spiro atoms. The summed E-state index contributed by atoms with van der Waals surface area (Å²) in [6.07, 6.45) is 3.43. The zero-order valence-corrected chi connectivity index (χ0v) is 16.9. The first-order valence-electron chi connectivity index (χ1n) is 9.87. The van der Waals surface area contributed by atoms with Gasteiger partial charge in [-0.1, -0.05) is 44.9 Å². The lowest BCUT2D eigenvalue weighted by atomic mass is 9.78. The lowest BCUT2D eigenvalue weighted by Crippen LogP contribution is -2.43. The predicted molar refractivity (Wildman–Crippen MR) is 113 cm³/mol. The highest BCUT2D eigenvalue weighted by atomic mass is 32.1. The summed E-state index contributed by atoms with van der Waals surface area (Å²) in [6, 6.07) is 9.95. The van der Waals surface area contributed by atoms with Crippen LogP contribution in [0.2, 0.25) is 0 Å². The van der Waals surface area contributed by atoms with Crippen LogP contribution in [0.5, 0.6) is 0 Å². The highest BCUT2D eigenvalue weighted by Gasteiger charge is 2.29. The van der Waals surface area contributed by atoms with Gasteiger partial charge in [0.1, 0.15) is 0 Å². The molecule has 1 saturated carbocycles. The van der Waals surface area contributed by atoms with Gasteiger partial charge in [-0.2, -0.15) is 0 Å². The number of amides is 1. The maximum atomic E-state index is 12.9. The molecule has 0 bridgehead atoms. The molecule has 0 aliphatic heterocycles. The Morgan fingerprint density at radius 1 is 1.22 bits per heavy atom. The van der Waals surface area contributed by atoms with Crippen molar-refractivity contribution in [2.75, 3.05) is 0 Å². The molecule has 3 atom stereocenters. The average Bonchev–Trinajstić information content (AvgIpc) is 3.12. The van der Waals surface area contributed by atoms with E-state index in [4.69, 9.17) is 0 Å². The molecule has 1 N–H and O–H groups in total. The van der Waals surface area contributed by atoms with E-state index in [2.05, 4.69) is 19.2 Å². The number of carbonyl (C=O) groups excluding carboxylic acids is 1. The van der Waals surface area contributed by atoms with Crippen LogP contribution in [0.25, 0.3) is 21.0 Å². The Balaban J connectivity index is 1.75. The van der Waals surface area contributed by atoms with Gasteiger partial charge in [0.2, 0.25) is 0 Å². The smallest absolute Gasteiger partial charge is 0.261 e. The monoisotopic (exact) mass is 382 g/mol. The Morgan fingerprint density at radius 3 is 2.78 bits per heavy atom. The number of nitrogens with one attached hydrogen (secondary N) is 1. The number of aromatic nitrogens is 1. The first-order chi connectivity index (χ1) is 13.0. The first kappa shape index (κ1) is 18.2. The van der Waals surface area contributed by atoms with Crippen molar-refractivity contribution in [3.8, 4) is 0 Å². The van der Waals surface area contributed by atoms with Crippen molar-refractivity contribution in [1.82, 2.24) is 9.88 Å². The van der Waals surface area contributed by atoms with Crippen molar-refractivity contribution >= 4 is 38.2 Å². The molecule has 1 fully saturated rings. The number of aryl methyl sites for hydroxylation is 1. The molecule has 0 saturated heterocycles. The van der Waals surface area contributed by atoms with Gasteiger partial charge < -0.3 is 9.88 Å². The zero-order valence-electron chi connectivity index (χ0n) is 16.1. The SMILES string of the molecule is CCn1c(=O)c2cc(C(=O)N[C@@H]3CCC[C@@H](C)[C@@H]3C)sc2c2ccccc21. The third-order valence-corrected chi connectivity index (χ3v) is 7.38. The summed E-state index contributed by atoms with van der Waals surface area (Å²) < 4.78 is 2.70. The number of hydrogen-bond donors (Lipinski definition) is 1. The van der Waals surface area contributed by atoms with Gasteiger partial charge in [-0.05, 0) is 37.3 Å². The second-order valence-electron chi connectivity index (χ2n) is 7.77. The number of pyridine rings is 1. The Bertz CT molecular complexity index is 1070. The Kier molecular flexibility index (Phi) is 4.81. The summed E-state index contributed by atoms with van der Waals surface area (Å²) in [5.74, 6) is 1.07. The minimum atomic E-state index is -0.0475. The average molecular weight is 383 g/mol. The molecule has 2 heterocycles. The Hall–Kier alpha value is -2.14. The number of nitrogens with zero attached hydrogens (tertiary/aromatic N) is 1. The third kappa shape index (κ3) is 3.08. The van der Waals surface area contributed by atoms with E-state index < -0.39 is 0 Å². The lowest BCUT2D eigenvalue weighted by molar-refractivity contribution is 0.0895. The van der Waals surface area contributed by atoms with E-state index in [9.17, 15) is 9.59 Å². The molecule has 1 amide bonds. The van der Waals surface area contributed by atoms with Crippen molar-refractivity contribution in [2.24, 2.45) is 11.8 Å². The van der Waals surface area contributed by atoms with Crippen LogP contribution in [-0.2, 0) is 6.54 Å².